The Morgan fingerprint density at radius 3 is 2.65 bits per heavy atom. The molecule has 1 unspecified atom stereocenters. The predicted molar refractivity (Wildman–Crippen MR) is 139 cm³/mol. The van der Waals surface area contributed by atoms with Crippen LogP contribution < -0.4 is 20.3 Å². The molecule has 1 fully saturated rings. The summed E-state index contributed by atoms with van der Waals surface area (Å²) in [6.07, 6.45) is 3.48. The molecule has 0 bridgehead atoms. The van der Waals surface area contributed by atoms with E-state index >= 15 is 0 Å². The minimum Gasteiger partial charge on any atom is -0.496 e. The van der Waals surface area contributed by atoms with Gasteiger partial charge in [0, 0.05) is 41.4 Å². The topological polar surface area (TPSA) is 56.8 Å². The monoisotopic (exact) mass is 476 g/mol. The number of amides is 2. The summed E-state index contributed by atoms with van der Waals surface area (Å²) in [4.78, 5) is 19.1. The van der Waals surface area contributed by atoms with Gasteiger partial charge in [-0.15, -0.1) is 11.3 Å². The third-order valence-electron chi connectivity index (χ3n) is 6.83. The zero-order valence-electron chi connectivity index (χ0n) is 19.6. The molecule has 2 amide bonds. The lowest BCUT2D eigenvalue weighted by atomic mass is 10.0. The first-order valence-corrected chi connectivity index (χ1v) is 12.9. The van der Waals surface area contributed by atoms with Gasteiger partial charge in [-0.1, -0.05) is 18.2 Å². The van der Waals surface area contributed by atoms with Crippen molar-refractivity contribution in [3.8, 4) is 5.75 Å². The minimum atomic E-state index is -0.187. The molecule has 1 aromatic heterocycles. The van der Waals surface area contributed by atoms with Gasteiger partial charge in [0.25, 0.3) is 0 Å². The number of nitrogens with zero attached hydrogens (tertiary/aromatic N) is 2. The van der Waals surface area contributed by atoms with E-state index in [1.807, 2.05) is 41.7 Å². The second kappa shape index (κ2) is 10.5. The zero-order chi connectivity index (χ0) is 23.3. The van der Waals surface area contributed by atoms with E-state index in [1.165, 1.54) is 29.0 Å². The lowest BCUT2D eigenvalue weighted by Crippen LogP contribution is -2.38. The van der Waals surface area contributed by atoms with Crippen molar-refractivity contribution in [3.05, 3.63) is 76.0 Å². The maximum Gasteiger partial charge on any atom is 0.319 e. The largest absolute Gasteiger partial charge is 0.496 e. The van der Waals surface area contributed by atoms with Gasteiger partial charge < -0.3 is 20.3 Å². The molecule has 7 heteroatoms. The molecule has 1 saturated heterocycles. The number of nitrogens with one attached hydrogen (secondary N) is 2. The van der Waals surface area contributed by atoms with Crippen LogP contribution in [0.2, 0.25) is 0 Å². The maximum atomic E-state index is 12.7. The fourth-order valence-corrected chi connectivity index (χ4v) is 5.91. The van der Waals surface area contributed by atoms with Crippen molar-refractivity contribution < 1.29 is 9.53 Å². The first-order valence-electron chi connectivity index (χ1n) is 12.0. The Balaban J connectivity index is 1.19. The van der Waals surface area contributed by atoms with Gasteiger partial charge in [0.2, 0.25) is 0 Å². The fourth-order valence-electron chi connectivity index (χ4n) is 5.02. The Morgan fingerprint density at radius 2 is 1.85 bits per heavy atom. The number of benzene rings is 2. The van der Waals surface area contributed by atoms with Crippen LogP contribution in [0.4, 0.5) is 16.2 Å². The van der Waals surface area contributed by atoms with Crippen LogP contribution in [0.25, 0.3) is 0 Å². The first-order chi connectivity index (χ1) is 16.7. The molecule has 3 aromatic rings. The number of thiophene rings is 1. The van der Waals surface area contributed by atoms with Gasteiger partial charge in [-0.25, -0.2) is 4.79 Å². The Labute approximate surface area is 205 Å². The minimum absolute atomic E-state index is 0.0906. The van der Waals surface area contributed by atoms with E-state index in [1.54, 1.807) is 7.11 Å². The molecule has 0 saturated carbocycles. The Morgan fingerprint density at radius 1 is 1.06 bits per heavy atom. The number of hydrogen-bond donors (Lipinski definition) is 2. The van der Waals surface area contributed by atoms with Gasteiger partial charge in [0.1, 0.15) is 5.75 Å². The maximum absolute atomic E-state index is 12.7. The van der Waals surface area contributed by atoms with Crippen LogP contribution in [-0.2, 0) is 13.0 Å². The number of para-hydroxylation sites is 1. The smallest absolute Gasteiger partial charge is 0.319 e. The number of rotatable bonds is 7. The third kappa shape index (κ3) is 5.05. The van der Waals surface area contributed by atoms with Crippen LogP contribution in [0.15, 0.2) is 60.0 Å². The van der Waals surface area contributed by atoms with Crippen LogP contribution in [-0.4, -0.2) is 44.2 Å². The van der Waals surface area contributed by atoms with E-state index in [0.717, 1.165) is 49.6 Å². The van der Waals surface area contributed by atoms with Crippen molar-refractivity contribution in [1.82, 2.24) is 10.2 Å². The summed E-state index contributed by atoms with van der Waals surface area (Å²) in [7, 11) is 1.70. The second-order valence-electron chi connectivity index (χ2n) is 8.92. The molecule has 3 heterocycles. The van der Waals surface area contributed by atoms with Crippen LogP contribution in [0, 0.1) is 0 Å². The van der Waals surface area contributed by atoms with E-state index in [9.17, 15) is 4.79 Å². The summed E-state index contributed by atoms with van der Waals surface area (Å²) in [6, 6.07) is 18.4. The molecule has 2 aromatic carbocycles. The number of likely N-dealkylation sites (tertiary alicyclic amines) is 1. The van der Waals surface area contributed by atoms with E-state index < -0.39 is 0 Å². The van der Waals surface area contributed by atoms with Crippen molar-refractivity contribution in [2.45, 2.75) is 31.8 Å². The summed E-state index contributed by atoms with van der Waals surface area (Å²) < 4.78 is 5.61. The number of ether oxygens (including phenoxy) is 1. The van der Waals surface area contributed by atoms with E-state index in [-0.39, 0.29) is 12.1 Å². The normalized spacial score (nSPS) is 16.7. The van der Waals surface area contributed by atoms with Crippen molar-refractivity contribution >= 4 is 28.7 Å². The van der Waals surface area contributed by atoms with Crippen molar-refractivity contribution in [1.29, 1.82) is 0 Å². The molecule has 34 heavy (non-hydrogen) atoms. The standard InChI is InChI=1S/C27H32N4O2S/c1-33-25-7-3-2-6-23(25)24(30-14-4-5-15-30)18-28-27(32)29-21-8-10-22(11-9-21)31-16-12-26-20(19-31)13-17-34-26/h2-3,6-11,13,17,24H,4-5,12,14-16,18-19H2,1H3,(H2,28,29,32). The highest BCUT2D eigenvalue weighted by atomic mass is 32.1. The Kier molecular flexibility index (Phi) is 7.02. The first kappa shape index (κ1) is 22.7. The quantitative estimate of drug-likeness (QED) is 0.487. The zero-order valence-corrected chi connectivity index (χ0v) is 20.4. The summed E-state index contributed by atoms with van der Waals surface area (Å²) in [6.45, 7) is 4.59. The third-order valence-corrected chi connectivity index (χ3v) is 7.86. The summed E-state index contributed by atoms with van der Waals surface area (Å²) in [5, 5.41) is 8.26. The molecule has 178 valence electrons. The van der Waals surface area contributed by atoms with E-state index in [2.05, 4.69) is 50.1 Å². The Hall–Kier alpha value is -3.03. The predicted octanol–water partition coefficient (Wildman–Crippen LogP) is 5.28. The van der Waals surface area contributed by atoms with E-state index in [0.29, 0.717) is 6.54 Å². The number of methoxy groups -OCH3 is 1. The molecular formula is C27H32N4O2S. The summed E-state index contributed by atoms with van der Waals surface area (Å²) in [5.74, 6) is 0.865. The van der Waals surface area contributed by atoms with Gasteiger partial charge in [-0.05, 0) is 79.7 Å². The number of fused-ring (bicyclic) bond motifs is 1. The molecule has 6 nitrogen and oxygen atoms in total. The SMILES string of the molecule is COc1ccccc1C(CNC(=O)Nc1ccc(N2CCc3sccc3C2)cc1)N1CCCC1. The average Bonchev–Trinajstić information content (AvgIpc) is 3.57. The molecular weight excluding hydrogens is 444 g/mol. The number of urea groups is 1. The molecule has 5 rings (SSSR count). The molecule has 0 aliphatic carbocycles. The molecule has 2 N–H and O–H groups in total. The lowest BCUT2D eigenvalue weighted by Gasteiger charge is -2.29. The molecule has 2 aliphatic rings. The number of hydrogen-bond acceptors (Lipinski definition) is 5. The Bertz CT molecular complexity index is 1110. The van der Waals surface area contributed by atoms with Gasteiger partial charge in [-0.2, -0.15) is 0 Å². The van der Waals surface area contributed by atoms with E-state index in [4.69, 9.17) is 4.74 Å². The average molecular weight is 477 g/mol. The number of carbonyl (C=O) groups is 1. The summed E-state index contributed by atoms with van der Waals surface area (Å²) >= 11 is 1.86. The van der Waals surface area contributed by atoms with Crippen molar-refractivity contribution in [3.63, 3.8) is 0 Å². The molecule has 0 spiro atoms. The molecule has 2 aliphatic heterocycles. The lowest BCUT2D eigenvalue weighted by molar-refractivity contribution is 0.224. The highest BCUT2D eigenvalue weighted by molar-refractivity contribution is 7.10. The highest BCUT2D eigenvalue weighted by Crippen LogP contribution is 2.31. The molecule has 1 atom stereocenters. The molecule has 0 radical (unpaired) electrons. The highest BCUT2D eigenvalue weighted by Gasteiger charge is 2.26. The van der Waals surface area contributed by atoms with Crippen LogP contribution in [0.3, 0.4) is 0 Å². The van der Waals surface area contributed by atoms with Gasteiger partial charge >= 0.3 is 6.03 Å². The van der Waals surface area contributed by atoms with Gasteiger partial charge in [0.15, 0.2) is 0 Å². The second-order valence-corrected chi connectivity index (χ2v) is 9.92. The van der Waals surface area contributed by atoms with Crippen LogP contribution in [0.5, 0.6) is 5.75 Å². The summed E-state index contributed by atoms with van der Waals surface area (Å²) in [5.41, 5.74) is 4.53. The van der Waals surface area contributed by atoms with Crippen molar-refractivity contribution in [2.24, 2.45) is 0 Å². The number of carbonyl (C=O) groups excluding carboxylic acids is 1. The fraction of sp³-hybridized carbons (Fsp3) is 0.370. The van der Waals surface area contributed by atoms with Gasteiger partial charge in [0.05, 0.1) is 13.2 Å². The van der Waals surface area contributed by atoms with Gasteiger partial charge in [-0.3, -0.25) is 4.90 Å². The van der Waals surface area contributed by atoms with Crippen LogP contribution >= 0.6 is 11.3 Å². The van der Waals surface area contributed by atoms with Crippen LogP contribution in [0.1, 0.15) is 34.9 Å². The van der Waals surface area contributed by atoms with Crippen molar-refractivity contribution in [2.75, 3.05) is 43.5 Å². The number of anilines is 2.